The predicted molar refractivity (Wildman–Crippen MR) is 38.2 cm³/mol. The van der Waals surface area contributed by atoms with Crippen LogP contribution in [-0.2, 0) is 0 Å². The lowest BCUT2D eigenvalue weighted by molar-refractivity contribution is 0.229. The Kier molecular flexibility index (Phi) is 1.10. The van der Waals surface area contributed by atoms with Crippen molar-refractivity contribution in [2.75, 3.05) is 0 Å². The van der Waals surface area contributed by atoms with E-state index < -0.39 is 0 Å². The third-order valence-corrected chi connectivity index (χ3v) is 1.39. The monoisotopic (exact) mass is 132 g/mol. The third kappa shape index (κ3) is 0.739. The number of hydrogen-bond donors (Lipinski definition) is 0. The van der Waals surface area contributed by atoms with Crippen LogP contribution >= 0.6 is 0 Å². The van der Waals surface area contributed by atoms with E-state index in [1.54, 1.807) is 6.20 Å². The standard InChI is InChI=1S/C8H6NO/c1-2-4-8-7(3-1)5-6-9-10-8/h1-6H. The van der Waals surface area contributed by atoms with Gasteiger partial charge in [-0.05, 0) is 12.1 Å². The maximum absolute atomic E-state index is 4.96. The van der Waals surface area contributed by atoms with Crippen LogP contribution in [0.1, 0.15) is 5.56 Å². The fourth-order valence-corrected chi connectivity index (χ4v) is 0.899. The van der Waals surface area contributed by atoms with Crippen LogP contribution in [0.3, 0.4) is 0 Å². The van der Waals surface area contributed by atoms with Crippen molar-refractivity contribution in [1.29, 1.82) is 0 Å². The van der Waals surface area contributed by atoms with Gasteiger partial charge in [-0.3, -0.25) is 0 Å². The average molecular weight is 132 g/mol. The fourth-order valence-electron chi connectivity index (χ4n) is 0.899. The summed E-state index contributed by atoms with van der Waals surface area (Å²) < 4.78 is 0. The van der Waals surface area contributed by atoms with Crippen LogP contribution in [0.2, 0.25) is 0 Å². The zero-order chi connectivity index (χ0) is 6.81. The van der Waals surface area contributed by atoms with Crippen LogP contribution in [0.25, 0.3) is 6.08 Å². The lowest BCUT2D eigenvalue weighted by Crippen LogP contribution is -2.06. The molecule has 0 saturated heterocycles. The van der Waals surface area contributed by atoms with Gasteiger partial charge >= 0.3 is 0 Å². The van der Waals surface area contributed by atoms with Crippen molar-refractivity contribution in [2.24, 2.45) is 0 Å². The van der Waals surface area contributed by atoms with Gasteiger partial charge in [0.2, 0.25) is 0 Å². The molecule has 0 bridgehead atoms. The van der Waals surface area contributed by atoms with E-state index in [0.29, 0.717) is 0 Å². The summed E-state index contributed by atoms with van der Waals surface area (Å²) in [4.78, 5) is 4.96. The molecule has 1 aromatic carbocycles. The van der Waals surface area contributed by atoms with Crippen LogP contribution < -0.4 is 10.3 Å². The highest BCUT2D eigenvalue weighted by molar-refractivity contribution is 5.57. The van der Waals surface area contributed by atoms with Gasteiger partial charge in [-0.1, -0.05) is 23.7 Å². The Labute approximate surface area is 59.1 Å². The predicted octanol–water partition coefficient (Wildman–Crippen LogP) is 1.57. The van der Waals surface area contributed by atoms with E-state index in [4.69, 9.17) is 4.84 Å². The van der Waals surface area contributed by atoms with Crippen LogP contribution in [0.4, 0.5) is 0 Å². The Balaban J connectivity index is 2.54. The second-order valence-electron chi connectivity index (χ2n) is 2.05. The SMILES string of the molecule is C1=Cc2ccccc2O[N]1. The molecule has 1 radical (unpaired) electrons. The summed E-state index contributed by atoms with van der Waals surface area (Å²) in [6.45, 7) is 0. The maximum atomic E-state index is 4.96. The van der Waals surface area contributed by atoms with Gasteiger partial charge in [0.25, 0.3) is 0 Å². The van der Waals surface area contributed by atoms with Crippen LogP contribution in [-0.4, -0.2) is 0 Å². The summed E-state index contributed by atoms with van der Waals surface area (Å²) >= 11 is 0. The number of para-hydroxylation sites is 1. The summed E-state index contributed by atoms with van der Waals surface area (Å²) in [5, 5.41) is 0. The van der Waals surface area contributed by atoms with Gasteiger partial charge in [0.05, 0.1) is 6.20 Å². The highest BCUT2D eigenvalue weighted by Crippen LogP contribution is 2.20. The van der Waals surface area contributed by atoms with Crippen LogP contribution in [0.5, 0.6) is 5.75 Å². The molecule has 0 N–H and O–H groups in total. The Bertz CT molecular complexity index is 268. The van der Waals surface area contributed by atoms with Crippen LogP contribution in [0, 0.1) is 0 Å². The van der Waals surface area contributed by atoms with Crippen LogP contribution in [0.15, 0.2) is 30.5 Å². The number of fused-ring (bicyclic) bond motifs is 1. The minimum Gasteiger partial charge on any atom is -0.356 e. The first-order chi connectivity index (χ1) is 4.97. The second kappa shape index (κ2) is 2.06. The first-order valence-corrected chi connectivity index (χ1v) is 3.09. The summed E-state index contributed by atoms with van der Waals surface area (Å²) in [5.41, 5.74) is 4.72. The highest BCUT2D eigenvalue weighted by atomic mass is 16.6. The minimum atomic E-state index is 0.824. The van der Waals surface area contributed by atoms with Crippen molar-refractivity contribution in [3.05, 3.63) is 36.0 Å². The lowest BCUT2D eigenvalue weighted by Gasteiger charge is -2.07. The van der Waals surface area contributed by atoms with Gasteiger partial charge in [0.1, 0.15) is 0 Å². The minimum absolute atomic E-state index is 0.824. The molecule has 1 aliphatic heterocycles. The molecule has 2 nitrogen and oxygen atoms in total. The molecule has 1 aliphatic rings. The molecular weight excluding hydrogens is 126 g/mol. The third-order valence-electron chi connectivity index (χ3n) is 1.39. The number of nitrogens with zero attached hydrogens (tertiary/aromatic N) is 1. The Morgan fingerprint density at radius 2 is 2.10 bits per heavy atom. The molecule has 1 aromatic rings. The summed E-state index contributed by atoms with van der Waals surface area (Å²) in [5.74, 6) is 0.824. The topological polar surface area (TPSA) is 23.3 Å². The average Bonchev–Trinajstić information content (AvgIpc) is 2.05. The van der Waals surface area contributed by atoms with Gasteiger partial charge < -0.3 is 4.84 Å². The molecule has 0 aliphatic carbocycles. The van der Waals surface area contributed by atoms with Crippen molar-refractivity contribution in [2.45, 2.75) is 0 Å². The van der Waals surface area contributed by atoms with Gasteiger partial charge in [-0.15, -0.1) is 0 Å². The first-order valence-electron chi connectivity index (χ1n) is 3.09. The molecule has 49 valence electrons. The molecule has 2 rings (SSSR count). The summed E-state index contributed by atoms with van der Waals surface area (Å²) in [6.07, 6.45) is 3.56. The summed E-state index contributed by atoms with van der Waals surface area (Å²) in [7, 11) is 0. The molecule has 10 heavy (non-hydrogen) atoms. The van der Waals surface area contributed by atoms with Crippen molar-refractivity contribution in [3.63, 3.8) is 0 Å². The van der Waals surface area contributed by atoms with Gasteiger partial charge in [0.15, 0.2) is 5.75 Å². The molecule has 0 fully saturated rings. The largest absolute Gasteiger partial charge is 0.356 e. The van der Waals surface area contributed by atoms with E-state index in [1.807, 2.05) is 30.3 Å². The highest BCUT2D eigenvalue weighted by Gasteiger charge is 2.02. The Hall–Kier alpha value is -1.44. The molecule has 0 amide bonds. The molecule has 0 unspecified atom stereocenters. The normalized spacial score (nSPS) is 13.2. The zero-order valence-corrected chi connectivity index (χ0v) is 5.32. The molecule has 1 heterocycles. The molecule has 0 atom stereocenters. The number of rotatable bonds is 0. The van der Waals surface area contributed by atoms with Crippen molar-refractivity contribution >= 4 is 6.08 Å². The summed E-state index contributed by atoms with van der Waals surface area (Å²) in [6, 6.07) is 7.77. The van der Waals surface area contributed by atoms with E-state index in [2.05, 4.69) is 5.48 Å². The number of hydroxylamine groups is 1. The van der Waals surface area contributed by atoms with E-state index in [0.717, 1.165) is 11.3 Å². The lowest BCUT2D eigenvalue weighted by atomic mass is 10.2. The van der Waals surface area contributed by atoms with Gasteiger partial charge in [0, 0.05) is 5.56 Å². The number of hydrogen-bond acceptors (Lipinski definition) is 1. The maximum Gasteiger partial charge on any atom is 0.165 e. The molecular formula is C8H6NO. The second-order valence-corrected chi connectivity index (χ2v) is 2.05. The van der Waals surface area contributed by atoms with Gasteiger partial charge in [-0.25, -0.2) is 0 Å². The fraction of sp³-hybridized carbons (Fsp3) is 0. The zero-order valence-electron chi connectivity index (χ0n) is 5.32. The first kappa shape index (κ1) is 5.35. The van der Waals surface area contributed by atoms with E-state index in [-0.39, 0.29) is 0 Å². The Morgan fingerprint density at radius 3 is 3.00 bits per heavy atom. The molecule has 0 aromatic heterocycles. The Morgan fingerprint density at radius 1 is 1.20 bits per heavy atom. The van der Waals surface area contributed by atoms with Crippen molar-refractivity contribution < 1.29 is 4.84 Å². The van der Waals surface area contributed by atoms with Crippen molar-refractivity contribution in [1.82, 2.24) is 5.48 Å². The van der Waals surface area contributed by atoms with E-state index in [1.165, 1.54) is 0 Å². The number of benzene rings is 1. The molecule has 2 heteroatoms. The van der Waals surface area contributed by atoms with E-state index in [9.17, 15) is 0 Å². The van der Waals surface area contributed by atoms with Crippen molar-refractivity contribution in [3.8, 4) is 5.75 Å². The smallest absolute Gasteiger partial charge is 0.165 e. The quantitative estimate of drug-likeness (QED) is 0.525. The molecule has 0 saturated carbocycles. The van der Waals surface area contributed by atoms with E-state index >= 15 is 0 Å². The van der Waals surface area contributed by atoms with Gasteiger partial charge in [-0.2, -0.15) is 0 Å². The molecule has 0 spiro atoms.